The molecule has 1 aliphatic rings. The van der Waals surface area contributed by atoms with Crippen molar-refractivity contribution in [2.45, 2.75) is 24.9 Å². The average Bonchev–Trinajstić information content (AvgIpc) is 2.39. The van der Waals surface area contributed by atoms with Crippen LogP contribution in [0.2, 0.25) is 0 Å². The van der Waals surface area contributed by atoms with E-state index in [1.807, 2.05) is 12.1 Å². The Morgan fingerprint density at radius 3 is 2.80 bits per heavy atom. The molecule has 3 N–H and O–H groups in total. The van der Waals surface area contributed by atoms with Crippen LogP contribution >= 0.6 is 0 Å². The van der Waals surface area contributed by atoms with E-state index in [1.54, 1.807) is 24.1 Å². The Labute approximate surface area is 119 Å². The highest BCUT2D eigenvalue weighted by Gasteiger charge is 2.32. The summed E-state index contributed by atoms with van der Waals surface area (Å²) in [5.41, 5.74) is 6.42. The van der Waals surface area contributed by atoms with Crippen molar-refractivity contribution in [3.63, 3.8) is 0 Å². The Hall–Kier alpha value is -1.59. The molecule has 2 rings (SSSR count). The fourth-order valence-corrected chi connectivity index (χ4v) is 2.45. The van der Waals surface area contributed by atoms with E-state index in [1.165, 1.54) is 0 Å². The molecule has 0 atom stereocenters. The summed E-state index contributed by atoms with van der Waals surface area (Å²) in [7, 11) is 1.72. The van der Waals surface area contributed by atoms with Crippen molar-refractivity contribution in [3.05, 3.63) is 29.8 Å². The SMILES string of the molecule is CN(CC1(O)CCOCC1)C(=O)Cc1cccc(N)c1. The number of aliphatic hydroxyl groups is 1. The summed E-state index contributed by atoms with van der Waals surface area (Å²) in [5, 5.41) is 10.4. The topological polar surface area (TPSA) is 75.8 Å². The van der Waals surface area contributed by atoms with Gasteiger partial charge in [0.2, 0.25) is 5.91 Å². The maximum absolute atomic E-state index is 12.2. The quantitative estimate of drug-likeness (QED) is 0.799. The number of rotatable bonds is 4. The van der Waals surface area contributed by atoms with Gasteiger partial charge in [0.1, 0.15) is 0 Å². The third kappa shape index (κ3) is 3.95. The molecule has 1 fully saturated rings. The predicted molar refractivity (Wildman–Crippen MR) is 77.2 cm³/mol. The molecule has 20 heavy (non-hydrogen) atoms. The fraction of sp³-hybridized carbons (Fsp3) is 0.533. The third-order valence-corrected chi connectivity index (χ3v) is 3.69. The van der Waals surface area contributed by atoms with Crippen molar-refractivity contribution < 1.29 is 14.6 Å². The van der Waals surface area contributed by atoms with E-state index >= 15 is 0 Å². The molecule has 0 aliphatic carbocycles. The second-order valence-electron chi connectivity index (χ2n) is 5.51. The standard InChI is InChI=1S/C15H22N2O3/c1-17(11-15(19)5-7-20-8-6-15)14(18)10-12-3-2-4-13(16)9-12/h2-4,9,19H,5-8,10-11,16H2,1H3. The van der Waals surface area contributed by atoms with Gasteiger partial charge in [-0.05, 0) is 17.7 Å². The number of carbonyl (C=O) groups excluding carboxylic acids is 1. The Balaban J connectivity index is 1.91. The monoisotopic (exact) mass is 278 g/mol. The van der Waals surface area contributed by atoms with Crippen LogP contribution in [0, 0.1) is 0 Å². The molecule has 0 aromatic heterocycles. The Morgan fingerprint density at radius 2 is 2.15 bits per heavy atom. The van der Waals surface area contributed by atoms with E-state index in [4.69, 9.17) is 10.5 Å². The molecule has 1 saturated heterocycles. The van der Waals surface area contributed by atoms with Crippen LogP contribution in [0.25, 0.3) is 0 Å². The van der Waals surface area contributed by atoms with E-state index in [9.17, 15) is 9.90 Å². The summed E-state index contributed by atoms with van der Waals surface area (Å²) in [4.78, 5) is 13.8. The minimum Gasteiger partial charge on any atom is -0.399 e. The highest BCUT2D eigenvalue weighted by Crippen LogP contribution is 2.21. The summed E-state index contributed by atoms with van der Waals surface area (Å²) in [6, 6.07) is 7.31. The first kappa shape index (κ1) is 14.8. The Bertz CT molecular complexity index is 470. The number of nitrogen functional groups attached to an aromatic ring is 1. The smallest absolute Gasteiger partial charge is 0.226 e. The van der Waals surface area contributed by atoms with Crippen molar-refractivity contribution in [1.82, 2.24) is 4.90 Å². The molecule has 1 heterocycles. The molecule has 1 aromatic rings. The lowest BCUT2D eigenvalue weighted by molar-refractivity contribution is -0.136. The van der Waals surface area contributed by atoms with Crippen LogP contribution in [-0.4, -0.2) is 48.3 Å². The zero-order valence-corrected chi connectivity index (χ0v) is 11.8. The number of benzene rings is 1. The first-order valence-corrected chi connectivity index (χ1v) is 6.87. The molecule has 0 radical (unpaired) electrons. The molecular formula is C15H22N2O3. The van der Waals surface area contributed by atoms with Gasteiger partial charge in [-0.1, -0.05) is 12.1 Å². The van der Waals surface area contributed by atoms with Crippen LogP contribution in [0.3, 0.4) is 0 Å². The maximum atomic E-state index is 12.2. The molecule has 1 aliphatic heterocycles. The van der Waals surface area contributed by atoms with E-state index < -0.39 is 5.60 Å². The first-order valence-electron chi connectivity index (χ1n) is 6.87. The second kappa shape index (κ2) is 6.24. The minimum absolute atomic E-state index is 0.0180. The van der Waals surface area contributed by atoms with Crippen LogP contribution in [0.15, 0.2) is 24.3 Å². The Kier molecular flexibility index (Phi) is 4.62. The van der Waals surface area contributed by atoms with Gasteiger partial charge in [0, 0.05) is 45.3 Å². The number of nitrogens with zero attached hydrogens (tertiary/aromatic N) is 1. The van der Waals surface area contributed by atoms with Crippen molar-refractivity contribution in [3.8, 4) is 0 Å². The van der Waals surface area contributed by atoms with Crippen molar-refractivity contribution in [1.29, 1.82) is 0 Å². The number of amides is 1. The molecule has 5 heteroatoms. The van der Waals surface area contributed by atoms with Gasteiger partial charge < -0.3 is 20.5 Å². The number of ether oxygens (including phenoxy) is 1. The van der Waals surface area contributed by atoms with Crippen LogP contribution in [0.4, 0.5) is 5.69 Å². The molecular weight excluding hydrogens is 256 g/mol. The van der Waals surface area contributed by atoms with Crippen LogP contribution in [0.1, 0.15) is 18.4 Å². The second-order valence-corrected chi connectivity index (χ2v) is 5.51. The molecule has 1 aromatic carbocycles. The van der Waals surface area contributed by atoms with E-state index in [0.29, 0.717) is 44.7 Å². The summed E-state index contributed by atoms with van der Waals surface area (Å²) >= 11 is 0. The van der Waals surface area contributed by atoms with Crippen LogP contribution in [0.5, 0.6) is 0 Å². The van der Waals surface area contributed by atoms with Gasteiger partial charge in [0.05, 0.1) is 12.0 Å². The average molecular weight is 278 g/mol. The van der Waals surface area contributed by atoms with Gasteiger partial charge in [0.25, 0.3) is 0 Å². The van der Waals surface area contributed by atoms with E-state index in [0.717, 1.165) is 5.56 Å². The zero-order chi connectivity index (χ0) is 14.6. The maximum Gasteiger partial charge on any atom is 0.226 e. The number of carbonyl (C=O) groups is 1. The van der Waals surface area contributed by atoms with Gasteiger partial charge in [-0.2, -0.15) is 0 Å². The van der Waals surface area contributed by atoms with E-state index in [2.05, 4.69) is 0 Å². The van der Waals surface area contributed by atoms with Gasteiger partial charge in [-0.15, -0.1) is 0 Å². The summed E-state index contributed by atoms with van der Waals surface area (Å²) in [6.45, 7) is 1.44. The van der Waals surface area contributed by atoms with Crippen molar-refractivity contribution in [2.24, 2.45) is 0 Å². The summed E-state index contributed by atoms with van der Waals surface area (Å²) in [5.74, 6) is -0.0180. The molecule has 1 amide bonds. The highest BCUT2D eigenvalue weighted by molar-refractivity contribution is 5.78. The number of hydrogen-bond donors (Lipinski definition) is 2. The first-order chi connectivity index (χ1) is 9.48. The van der Waals surface area contributed by atoms with Crippen LogP contribution < -0.4 is 5.73 Å². The van der Waals surface area contributed by atoms with Gasteiger partial charge >= 0.3 is 0 Å². The fourth-order valence-electron chi connectivity index (χ4n) is 2.45. The lowest BCUT2D eigenvalue weighted by Gasteiger charge is -2.35. The van der Waals surface area contributed by atoms with Gasteiger partial charge in [-0.25, -0.2) is 0 Å². The minimum atomic E-state index is -0.821. The zero-order valence-electron chi connectivity index (χ0n) is 11.8. The molecule has 0 bridgehead atoms. The normalized spacial score (nSPS) is 17.7. The molecule has 0 unspecified atom stereocenters. The lowest BCUT2D eigenvalue weighted by atomic mass is 9.94. The number of nitrogens with two attached hydrogens (primary N) is 1. The molecule has 0 saturated carbocycles. The summed E-state index contributed by atoms with van der Waals surface area (Å²) < 4.78 is 5.24. The number of hydrogen-bond acceptors (Lipinski definition) is 4. The lowest BCUT2D eigenvalue weighted by Crippen LogP contribution is -2.47. The molecule has 110 valence electrons. The Morgan fingerprint density at radius 1 is 1.45 bits per heavy atom. The van der Waals surface area contributed by atoms with Crippen molar-refractivity contribution in [2.75, 3.05) is 32.5 Å². The highest BCUT2D eigenvalue weighted by atomic mass is 16.5. The number of likely N-dealkylation sites (N-methyl/N-ethyl adjacent to an activating group) is 1. The van der Waals surface area contributed by atoms with Gasteiger partial charge in [-0.3, -0.25) is 4.79 Å². The van der Waals surface area contributed by atoms with E-state index in [-0.39, 0.29) is 5.91 Å². The van der Waals surface area contributed by atoms with Crippen LogP contribution in [-0.2, 0) is 16.0 Å². The predicted octanol–water partition coefficient (Wildman–Crippen LogP) is 0.811. The van der Waals surface area contributed by atoms with Crippen molar-refractivity contribution >= 4 is 11.6 Å². The van der Waals surface area contributed by atoms with Gasteiger partial charge in [0.15, 0.2) is 0 Å². The molecule has 0 spiro atoms. The largest absolute Gasteiger partial charge is 0.399 e. The molecule has 5 nitrogen and oxygen atoms in total. The number of anilines is 1. The third-order valence-electron chi connectivity index (χ3n) is 3.69. The summed E-state index contributed by atoms with van der Waals surface area (Å²) in [6.07, 6.45) is 1.44.